The number of rotatable bonds is 4. The van der Waals surface area contributed by atoms with Crippen LogP contribution in [-0.4, -0.2) is 110 Å². The van der Waals surface area contributed by atoms with Gasteiger partial charge in [0.2, 0.25) is 0 Å². The number of hydrogen-bond acceptors (Lipinski definition) is 7. The highest BCUT2D eigenvalue weighted by Crippen LogP contribution is 2.25. The van der Waals surface area contributed by atoms with Crippen LogP contribution >= 0.6 is 0 Å². The first-order chi connectivity index (χ1) is 11.6. The Kier molecular flexibility index (Phi) is 4.91. The van der Waals surface area contributed by atoms with E-state index in [1.54, 1.807) is 14.2 Å². The van der Waals surface area contributed by atoms with Crippen molar-refractivity contribution in [1.82, 2.24) is 24.9 Å². The van der Waals surface area contributed by atoms with Gasteiger partial charge in [0.25, 0.3) is 5.91 Å². The third-order valence-electron chi connectivity index (χ3n) is 4.98. The number of fused-ring (bicyclic) bond motifs is 1. The Labute approximate surface area is 142 Å². The molecule has 3 aliphatic rings. The summed E-state index contributed by atoms with van der Waals surface area (Å²) in [6, 6.07) is -0.879. The van der Waals surface area contributed by atoms with E-state index < -0.39 is 18.2 Å². The second-order valence-electron chi connectivity index (χ2n) is 6.30. The van der Waals surface area contributed by atoms with Crippen molar-refractivity contribution in [1.29, 1.82) is 0 Å². The van der Waals surface area contributed by atoms with Crippen LogP contribution in [0.5, 0.6) is 0 Å². The predicted molar refractivity (Wildman–Crippen MR) is 88.6 cm³/mol. The lowest BCUT2D eigenvalue weighted by Gasteiger charge is -2.40. The second kappa shape index (κ2) is 6.94. The third-order valence-corrected chi connectivity index (χ3v) is 4.98. The number of nitrogens with zero attached hydrogens (tertiary/aromatic N) is 5. The molecule has 0 spiro atoms. The largest absolute Gasteiger partial charge is 0.383 e. The van der Waals surface area contributed by atoms with Gasteiger partial charge in [-0.05, 0) is 6.54 Å². The molecule has 9 nitrogen and oxygen atoms in total. The first-order valence-electron chi connectivity index (χ1n) is 8.45. The molecule has 3 rings (SSSR count). The number of urea groups is 1. The number of guanidine groups is 1. The maximum Gasteiger partial charge on any atom is 0.325 e. The van der Waals surface area contributed by atoms with Crippen molar-refractivity contribution in [3.05, 3.63) is 0 Å². The molecule has 0 aromatic heterocycles. The van der Waals surface area contributed by atoms with Crippen LogP contribution in [0.4, 0.5) is 4.79 Å². The summed E-state index contributed by atoms with van der Waals surface area (Å²) in [7, 11) is 3.32. The van der Waals surface area contributed by atoms with Crippen molar-refractivity contribution in [2.75, 3.05) is 60.0 Å². The van der Waals surface area contributed by atoms with E-state index in [1.807, 2.05) is 4.90 Å². The Morgan fingerprint density at radius 3 is 2.58 bits per heavy atom. The van der Waals surface area contributed by atoms with Gasteiger partial charge in [-0.1, -0.05) is 6.92 Å². The maximum atomic E-state index is 12.4. The lowest BCUT2D eigenvalue weighted by molar-refractivity contribution is -0.127. The van der Waals surface area contributed by atoms with E-state index >= 15 is 0 Å². The lowest BCUT2D eigenvalue weighted by Crippen LogP contribution is -2.65. The normalized spacial score (nSPS) is 28.1. The number of nitrogens with one attached hydrogen (secondary N) is 1. The highest BCUT2D eigenvalue weighted by Gasteiger charge is 2.49. The molecule has 24 heavy (non-hydrogen) atoms. The summed E-state index contributed by atoms with van der Waals surface area (Å²) in [5, 5.41) is 2.41. The van der Waals surface area contributed by atoms with Crippen LogP contribution in [0.1, 0.15) is 6.92 Å². The Morgan fingerprint density at radius 2 is 1.96 bits per heavy atom. The topological polar surface area (TPSA) is 80.7 Å². The zero-order valence-electron chi connectivity index (χ0n) is 14.6. The van der Waals surface area contributed by atoms with Crippen LogP contribution in [0.15, 0.2) is 4.99 Å². The SMILES string of the molecule is CCN1CCN(C2=NC3C(C(=O)NC(=O)N3C)N2CCOC)CC1. The lowest BCUT2D eigenvalue weighted by atomic mass is 10.1. The fourth-order valence-electron chi connectivity index (χ4n) is 3.47. The standard InChI is InChI=1S/C15H26N6O3/c1-4-19-5-7-20(8-6-19)14-16-12-11(21(14)9-10-24-3)13(22)17-15(23)18(12)2/h11-12H,4-10H2,1-3H3,(H,17,22,23). The first kappa shape index (κ1) is 17.0. The molecule has 0 radical (unpaired) electrons. The van der Waals surface area contributed by atoms with Crippen LogP contribution < -0.4 is 5.32 Å². The summed E-state index contributed by atoms with van der Waals surface area (Å²) >= 11 is 0. The van der Waals surface area contributed by atoms with Crippen LogP contribution in [0.3, 0.4) is 0 Å². The predicted octanol–water partition coefficient (Wildman–Crippen LogP) is -1.18. The molecule has 9 heteroatoms. The fourth-order valence-corrected chi connectivity index (χ4v) is 3.47. The van der Waals surface area contributed by atoms with Gasteiger partial charge in [-0.3, -0.25) is 10.1 Å². The average molecular weight is 338 g/mol. The molecule has 2 saturated heterocycles. The van der Waals surface area contributed by atoms with E-state index in [-0.39, 0.29) is 5.91 Å². The Bertz CT molecular complexity index is 531. The number of piperazine rings is 1. The highest BCUT2D eigenvalue weighted by atomic mass is 16.5. The van der Waals surface area contributed by atoms with Crippen molar-refractivity contribution in [3.8, 4) is 0 Å². The van der Waals surface area contributed by atoms with Crippen molar-refractivity contribution in [2.24, 2.45) is 4.99 Å². The Morgan fingerprint density at radius 1 is 1.25 bits per heavy atom. The van der Waals surface area contributed by atoms with E-state index in [1.165, 1.54) is 4.90 Å². The molecule has 3 amide bonds. The summed E-state index contributed by atoms with van der Waals surface area (Å²) in [5.74, 6) is 0.514. The first-order valence-corrected chi connectivity index (χ1v) is 8.45. The number of likely N-dealkylation sites (N-methyl/N-ethyl adjacent to an activating group) is 2. The molecule has 1 N–H and O–H groups in total. The summed E-state index contributed by atoms with van der Waals surface area (Å²) in [5.41, 5.74) is 0. The molecule has 3 aliphatic heterocycles. The number of methoxy groups -OCH3 is 1. The second-order valence-corrected chi connectivity index (χ2v) is 6.30. The number of amides is 3. The molecule has 0 aromatic rings. The minimum absolute atomic E-state index is 0.287. The number of aliphatic imine (C=N–C) groups is 1. The number of carbonyl (C=O) groups excluding carboxylic acids is 2. The van der Waals surface area contributed by atoms with Gasteiger partial charge in [-0.25, -0.2) is 9.79 Å². The molecule has 2 fully saturated rings. The summed E-state index contributed by atoms with van der Waals surface area (Å²) in [6.45, 7) is 7.96. The van der Waals surface area contributed by atoms with Crippen molar-refractivity contribution < 1.29 is 14.3 Å². The molecule has 0 aromatic carbocycles. The smallest absolute Gasteiger partial charge is 0.325 e. The molecule has 0 aliphatic carbocycles. The molecule has 0 bridgehead atoms. The zero-order chi connectivity index (χ0) is 17.3. The summed E-state index contributed by atoms with van der Waals surface area (Å²) < 4.78 is 5.20. The van der Waals surface area contributed by atoms with Crippen molar-refractivity contribution in [2.45, 2.75) is 19.1 Å². The van der Waals surface area contributed by atoms with Gasteiger partial charge < -0.3 is 24.3 Å². The minimum Gasteiger partial charge on any atom is -0.383 e. The zero-order valence-corrected chi connectivity index (χ0v) is 14.6. The van der Waals surface area contributed by atoms with E-state index in [0.717, 1.165) is 38.7 Å². The summed E-state index contributed by atoms with van der Waals surface area (Å²) in [6.07, 6.45) is -0.470. The molecular weight excluding hydrogens is 312 g/mol. The minimum atomic E-state index is -0.484. The number of hydrogen-bond donors (Lipinski definition) is 1. The van der Waals surface area contributed by atoms with Crippen LogP contribution in [0, 0.1) is 0 Å². The number of ether oxygens (including phenoxy) is 1. The summed E-state index contributed by atoms with van der Waals surface area (Å²) in [4.78, 5) is 37.1. The molecule has 2 unspecified atom stereocenters. The quantitative estimate of drug-likeness (QED) is 0.695. The monoisotopic (exact) mass is 338 g/mol. The van der Waals surface area contributed by atoms with Gasteiger partial charge in [0, 0.05) is 46.9 Å². The van der Waals surface area contributed by atoms with Gasteiger partial charge in [-0.2, -0.15) is 0 Å². The number of imide groups is 1. The van der Waals surface area contributed by atoms with E-state index in [0.29, 0.717) is 13.2 Å². The van der Waals surface area contributed by atoms with Crippen molar-refractivity contribution in [3.63, 3.8) is 0 Å². The third kappa shape index (κ3) is 2.93. The fraction of sp³-hybridized carbons (Fsp3) is 0.800. The van der Waals surface area contributed by atoms with Gasteiger partial charge >= 0.3 is 6.03 Å². The van der Waals surface area contributed by atoms with E-state index in [9.17, 15) is 9.59 Å². The Balaban J connectivity index is 1.82. The molecule has 2 atom stereocenters. The van der Waals surface area contributed by atoms with Gasteiger partial charge in [0.1, 0.15) is 0 Å². The molecule has 0 saturated carbocycles. The van der Waals surface area contributed by atoms with Crippen LogP contribution in [0.25, 0.3) is 0 Å². The van der Waals surface area contributed by atoms with E-state index in [2.05, 4.69) is 22.0 Å². The maximum absolute atomic E-state index is 12.4. The molecular formula is C15H26N6O3. The molecule has 3 heterocycles. The molecule has 134 valence electrons. The van der Waals surface area contributed by atoms with Crippen molar-refractivity contribution >= 4 is 17.9 Å². The van der Waals surface area contributed by atoms with Gasteiger partial charge in [-0.15, -0.1) is 0 Å². The number of carbonyl (C=O) groups is 2. The van der Waals surface area contributed by atoms with Crippen LogP contribution in [-0.2, 0) is 9.53 Å². The van der Waals surface area contributed by atoms with Gasteiger partial charge in [0.15, 0.2) is 18.2 Å². The average Bonchev–Trinajstić information content (AvgIpc) is 2.98. The van der Waals surface area contributed by atoms with Gasteiger partial charge in [0.05, 0.1) is 6.61 Å². The highest BCUT2D eigenvalue weighted by molar-refractivity contribution is 6.03. The van der Waals surface area contributed by atoms with Crippen LogP contribution in [0.2, 0.25) is 0 Å². The van der Waals surface area contributed by atoms with E-state index in [4.69, 9.17) is 9.73 Å². The Hall–Kier alpha value is -1.87.